The molecule has 7 heteroatoms. The Balaban J connectivity index is 1.78. The molecule has 0 bridgehead atoms. The van der Waals surface area contributed by atoms with Crippen molar-refractivity contribution in [3.8, 4) is 5.75 Å². The lowest BCUT2D eigenvalue weighted by molar-refractivity contribution is 0.0695. The van der Waals surface area contributed by atoms with Crippen LogP contribution in [0.2, 0.25) is 0 Å². The van der Waals surface area contributed by atoms with Crippen molar-refractivity contribution in [2.24, 2.45) is 0 Å². The van der Waals surface area contributed by atoms with E-state index in [0.717, 1.165) is 38.3 Å². The van der Waals surface area contributed by atoms with Crippen molar-refractivity contribution >= 4 is 16.9 Å². The Kier molecular flexibility index (Phi) is 3.95. The van der Waals surface area contributed by atoms with Crippen molar-refractivity contribution in [3.05, 3.63) is 39.9 Å². The fourth-order valence-corrected chi connectivity index (χ4v) is 3.36. The van der Waals surface area contributed by atoms with Gasteiger partial charge in [-0.1, -0.05) is 0 Å². The highest BCUT2D eigenvalue weighted by Crippen LogP contribution is 2.38. The van der Waals surface area contributed by atoms with Gasteiger partial charge in [0.1, 0.15) is 12.2 Å². The molecule has 1 aliphatic heterocycles. The molecule has 4 rings (SSSR count). The average molecular weight is 346 g/mol. The molecule has 132 valence electrons. The Labute approximate surface area is 143 Å². The SMILES string of the molecule is O=C(O)c1cn(C2CC2)c2cc(OCC3CCCN3)c(F)cc2c1=O. The maximum absolute atomic E-state index is 14.4. The fourth-order valence-electron chi connectivity index (χ4n) is 3.36. The van der Waals surface area contributed by atoms with Crippen LogP contribution in [0.3, 0.4) is 0 Å². The zero-order chi connectivity index (χ0) is 17.6. The summed E-state index contributed by atoms with van der Waals surface area (Å²) in [5.41, 5.74) is -0.474. The second kappa shape index (κ2) is 6.15. The molecule has 2 N–H and O–H groups in total. The van der Waals surface area contributed by atoms with Gasteiger partial charge in [-0.15, -0.1) is 0 Å². The van der Waals surface area contributed by atoms with Crippen LogP contribution in [0.4, 0.5) is 4.39 Å². The maximum atomic E-state index is 14.4. The Bertz CT molecular complexity index is 898. The maximum Gasteiger partial charge on any atom is 0.341 e. The van der Waals surface area contributed by atoms with E-state index < -0.39 is 17.2 Å². The van der Waals surface area contributed by atoms with Gasteiger partial charge in [-0.05, 0) is 38.3 Å². The van der Waals surface area contributed by atoms with E-state index in [-0.39, 0.29) is 28.8 Å². The number of aromatic nitrogens is 1. The number of aromatic carboxylic acids is 1. The standard InChI is InChI=1S/C18H19FN2O4/c19-14-6-12-15(7-16(14)25-9-10-2-1-5-20-10)21(11-3-4-11)8-13(17(12)22)18(23)24/h6-8,10-11,20H,1-5,9H2,(H,23,24). The molecule has 2 fully saturated rings. The van der Waals surface area contributed by atoms with E-state index in [1.54, 1.807) is 4.57 Å². The number of carbonyl (C=O) groups is 1. The molecule has 1 aliphatic carbocycles. The monoisotopic (exact) mass is 346 g/mol. The first-order valence-corrected chi connectivity index (χ1v) is 8.52. The van der Waals surface area contributed by atoms with E-state index in [4.69, 9.17) is 4.74 Å². The summed E-state index contributed by atoms with van der Waals surface area (Å²) in [6.45, 7) is 1.30. The quantitative estimate of drug-likeness (QED) is 0.868. The number of carboxylic acid groups (broad SMARTS) is 1. The topological polar surface area (TPSA) is 80.6 Å². The van der Waals surface area contributed by atoms with E-state index >= 15 is 0 Å². The first-order valence-electron chi connectivity index (χ1n) is 8.52. The third kappa shape index (κ3) is 3.00. The van der Waals surface area contributed by atoms with Crippen LogP contribution in [-0.4, -0.2) is 34.8 Å². The highest BCUT2D eigenvalue weighted by molar-refractivity contribution is 5.93. The fraction of sp³-hybridized carbons (Fsp3) is 0.444. The second-order valence-corrected chi connectivity index (χ2v) is 6.72. The lowest BCUT2D eigenvalue weighted by Crippen LogP contribution is -2.28. The number of nitrogens with zero attached hydrogens (tertiary/aromatic N) is 1. The molecule has 2 heterocycles. The van der Waals surface area contributed by atoms with Crippen LogP contribution in [0, 0.1) is 5.82 Å². The van der Waals surface area contributed by atoms with Crippen molar-refractivity contribution in [2.75, 3.05) is 13.2 Å². The summed E-state index contributed by atoms with van der Waals surface area (Å²) >= 11 is 0. The Morgan fingerprint density at radius 1 is 1.36 bits per heavy atom. The number of nitrogens with one attached hydrogen (secondary N) is 1. The number of halogens is 1. The normalized spacial score (nSPS) is 20.1. The Hall–Kier alpha value is -2.41. The largest absolute Gasteiger partial charge is 0.489 e. The smallest absolute Gasteiger partial charge is 0.341 e. The molecule has 1 aromatic carbocycles. The van der Waals surface area contributed by atoms with E-state index in [0.29, 0.717) is 12.1 Å². The Morgan fingerprint density at radius 2 is 2.16 bits per heavy atom. The number of fused-ring (bicyclic) bond motifs is 1. The zero-order valence-corrected chi connectivity index (χ0v) is 13.6. The van der Waals surface area contributed by atoms with Crippen LogP contribution >= 0.6 is 0 Å². The van der Waals surface area contributed by atoms with Gasteiger partial charge in [0.05, 0.1) is 5.52 Å². The van der Waals surface area contributed by atoms with Crippen LogP contribution in [-0.2, 0) is 0 Å². The molecule has 25 heavy (non-hydrogen) atoms. The molecule has 0 amide bonds. The number of benzene rings is 1. The van der Waals surface area contributed by atoms with Crippen LogP contribution in [0.15, 0.2) is 23.1 Å². The number of hydrogen-bond acceptors (Lipinski definition) is 4. The van der Waals surface area contributed by atoms with Crippen LogP contribution < -0.4 is 15.5 Å². The molecular formula is C18H19FN2O4. The average Bonchev–Trinajstić information content (AvgIpc) is 3.29. The molecular weight excluding hydrogens is 327 g/mol. The summed E-state index contributed by atoms with van der Waals surface area (Å²) in [7, 11) is 0. The number of rotatable bonds is 5. The van der Waals surface area contributed by atoms with Gasteiger partial charge in [0.2, 0.25) is 5.43 Å². The van der Waals surface area contributed by atoms with Crippen molar-refractivity contribution < 1.29 is 19.0 Å². The van der Waals surface area contributed by atoms with Gasteiger partial charge in [-0.3, -0.25) is 4.79 Å². The molecule has 1 saturated carbocycles. The molecule has 1 unspecified atom stereocenters. The number of pyridine rings is 1. The van der Waals surface area contributed by atoms with Crippen molar-refractivity contribution in [3.63, 3.8) is 0 Å². The third-order valence-corrected chi connectivity index (χ3v) is 4.86. The first-order chi connectivity index (χ1) is 12.0. The first kappa shape index (κ1) is 16.1. The third-order valence-electron chi connectivity index (χ3n) is 4.86. The second-order valence-electron chi connectivity index (χ2n) is 6.72. The Morgan fingerprint density at radius 3 is 2.80 bits per heavy atom. The van der Waals surface area contributed by atoms with E-state index in [9.17, 15) is 19.1 Å². The number of carboxylic acids is 1. The van der Waals surface area contributed by atoms with E-state index in [2.05, 4.69) is 5.32 Å². The van der Waals surface area contributed by atoms with Gasteiger partial charge in [0, 0.05) is 29.7 Å². The van der Waals surface area contributed by atoms with Crippen LogP contribution in [0.1, 0.15) is 42.1 Å². The van der Waals surface area contributed by atoms with Gasteiger partial charge in [-0.2, -0.15) is 0 Å². The lowest BCUT2D eigenvalue weighted by Gasteiger charge is -2.16. The van der Waals surface area contributed by atoms with Gasteiger partial charge >= 0.3 is 5.97 Å². The van der Waals surface area contributed by atoms with Gasteiger partial charge in [0.25, 0.3) is 0 Å². The van der Waals surface area contributed by atoms with Gasteiger partial charge < -0.3 is 19.7 Å². The van der Waals surface area contributed by atoms with Crippen molar-refractivity contribution in [2.45, 2.75) is 37.8 Å². The lowest BCUT2D eigenvalue weighted by atomic mass is 10.1. The summed E-state index contributed by atoms with van der Waals surface area (Å²) < 4.78 is 21.8. The summed E-state index contributed by atoms with van der Waals surface area (Å²) in [5.74, 6) is -1.85. The predicted octanol–water partition coefficient (Wildman–Crippen LogP) is 2.30. The molecule has 2 aromatic rings. The summed E-state index contributed by atoms with van der Waals surface area (Å²) in [5, 5.41) is 12.6. The summed E-state index contributed by atoms with van der Waals surface area (Å²) in [6.07, 6.45) is 5.26. The molecule has 6 nitrogen and oxygen atoms in total. The summed E-state index contributed by atoms with van der Waals surface area (Å²) in [4.78, 5) is 23.7. The van der Waals surface area contributed by atoms with Crippen molar-refractivity contribution in [1.82, 2.24) is 9.88 Å². The predicted molar refractivity (Wildman–Crippen MR) is 89.9 cm³/mol. The molecule has 1 saturated heterocycles. The molecule has 1 aromatic heterocycles. The van der Waals surface area contributed by atoms with Gasteiger partial charge in [-0.25, -0.2) is 9.18 Å². The highest BCUT2D eigenvalue weighted by atomic mass is 19.1. The minimum Gasteiger partial charge on any atom is -0.489 e. The minimum absolute atomic E-state index is 0.0793. The number of ether oxygens (including phenoxy) is 1. The molecule has 2 aliphatic rings. The molecule has 1 atom stereocenters. The number of hydrogen-bond donors (Lipinski definition) is 2. The molecule has 0 spiro atoms. The zero-order valence-electron chi connectivity index (χ0n) is 13.6. The minimum atomic E-state index is -1.30. The van der Waals surface area contributed by atoms with E-state index in [1.165, 1.54) is 12.3 Å². The molecule has 0 radical (unpaired) electrons. The van der Waals surface area contributed by atoms with E-state index in [1.807, 2.05) is 0 Å². The highest BCUT2D eigenvalue weighted by Gasteiger charge is 2.27. The van der Waals surface area contributed by atoms with Crippen LogP contribution in [0.5, 0.6) is 5.75 Å². The van der Waals surface area contributed by atoms with Crippen LogP contribution in [0.25, 0.3) is 10.9 Å². The summed E-state index contributed by atoms with van der Waals surface area (Å²) in [6, 6.07) is 2.97. The van der Waals surface area contributed by atoms with Gasteiger partial charge in [0.15, 0.2) is 11.6 Å². The van der Waals surface area contributed by atoms with Crippen molar-refractivity contribution in [1.29, 1.82) is 0 Å².